The molecule has 1 unspecified atom stereocenters. The van der Waals surface area contributed by atoms with E-state index >= 15 is 0 Å². The van der Waals surface area contributed by atoms with Crippen LogP contribution >= 0.6 is 23.2 Å². The second-order valence-corrected chi connectivity index (χ2v) is 9.60. The molecular weight excluding hydrogens is 381 g/mol. The Morgan fingerprint density at radius 2 is 2.08 bits per heavy atom. The maximum Gasteiger partial charge on any atom is 0.342 e. The standard InChI is InChI=1S/C18H25Cl2NO5/c1-16(2)11-4-5-18(16,13(22)14-21-6-7-25-14)12(10-11)24-8-9-26-15(23)17(3,19)20/h6-7,11-12,14,21H,4-5,8-10H2,1-3H3/t11-,12-,14?,18-/m0/s1. The second kappa shape index (κ2) is 6.88. The van der Waals surface area contributed by atoms with E-state index in [0.717, 1.165) is 19.3 Å². The Kier molecular flexibility index (Phi) is 5.23. The normalized spacial score (nSPS) is 34.4. The summed E-state index contributed by atoms with van der Waals surface area (Å²) < 4.78 is 14.9. The van der Waals surface area contributed by atoms with Crippen molar-refractivity contribution in [1.29, 1.82) is 0 Å². The van der Waals surface area contributed by atoms with Gasteiger partial charge in [0.15, 0.2) is 0 Å². The number of carbonyl (C=O) groups is 2. The molecule has 0 saturated heterocycles. The Bertz CT molecular complexity index is 607. The molecule has 0 amide bonds. The molecule has 6 nitrogen and oxygen atoms in total. The highest BCUT2D eigenvalue weighted by Gasteiger charge is 2.69. The van der Waals surface area contributed by atoms with Gasteiger partial charge < -0.3 is 19.5 Å². The predicted octanol–water partition coefficient (Wildman–Crippen LogP) is 2.92. The van der Waals surface area contributed by atoms with Crippen molar-refractivity contribution < 1.29 is 23.8 Å². The van der Waals surface area contributed by atoms with Crippen LogP contribution in [0.4, 0.5) is 0 Å². The highest BCUT2D eigenvalue weighted by atomic mass is 35.5. The maximum absolute atomic E-state index is 13.3. The van der Waals surface area contributed by atoms with Gasteiger partial charge >= 0.3 is 5.97 Å². The van der Waals surface area contributed by atoms with E-state index in [1.54, 1.807) is 6.20 Å². The lowest BCUT2D eigenvalue weighted by molar-refractivity contribution is -0.158. The van der Waals surface area contributed by atoms with Crippen LogP contribution in [-0.2, 0) is 23.8 Å². The molecule has 0 aromatic heterocycles. The summed E-state index contributed by atoms with van der Waals surface area (Å²) in [5, 5.41) is 2.96. The molecule has 0 aromatic rings. The molecule has 1 aliphatic heterocycles. The highest BCUT2D eigenvalue weighted by Crippen LogP contribution is 2.67. The molecule has 1 heterocycles. The molecule has 146 valence electrons. The number of alkyl halides is 2. The van der Waals surface area contributed by atoms with Gasteiger partial charge in [0.1, 0.15) is 12.9 Å². The van der Waals surface area contributed by atoms with E-state index in [9.17, 15) is 9.59 Å². The van der Waals surface area contributed by atoms with E-state index in [4.69, 9.17) is 37.4 Å². The first-order chi connectivity index (χ1) is 12.1. The lowest BCUT2D eigenvalue weighted by Crippen LogP contribution is -2.53. The quantitative estimate of drug-likeness (QED) is 0.398. The van der Waals surface area contributed by atoms with Gasteiger partial charge in [-0.3, -0.25) is 4.79 Å². The van der Waals surface area contributed by atoms with Gasteiger partial charge in [0.05, 0.1) is 18.1 Å². The van der Waals surface area contributed by atoms with Crippen molar-refractivity contribution >= 4 is 35.0 Å². The minimum Gasteiger partial charge on any atom is -0.469 e. The number of ether oxygens (including phenoxy) is 3. The third-order valence-corrected chi connectivity index (χ3v) is 6.62. The first-order valence-corrected chi connectivity index (χ1v) is 9.64. The van der Waals surface area contributed by atoms with E-state index in [1.807, 2.05) is 0 Å². The molecule has 8 heteroatoms. The number of halogens is 2. The topological polar surface area (TPSA) is 73.9 Å². The smallest absolute Gasteiger partial charge is 0.342 e. The molecule has 0 spiro atoms. The summed E-state index contributed by atoms with van der Waals surface area (Å²) in [6.07, 6.45) is 4.84. The molecular formula is C18H25Cl2NO5. The Morgan fingerprint density at radius 1 is 1.35 bits per heavy atom. The van der Waals surface area contributed by atoms with Crippen molar-refractivity contribution in [3.63, 3.8) is 0 Å². The minimum absolute atomic E-state index is 0.0311. The number of ketones is 1. The van der Waals surface area contributed by atoms with E-state index in [-0.39, 0.29) is 30.5 Å². The van der Waals surface area contributed by atoms with Crippen LogP contribution in [0.15, 0.2) is 12.5 Å². The van der Waals surface area contributed by atoms with Gasteiger partial charge in [-0.05, 0) is 37.5 Å². The lowest BCUT2D eigenvalue weighted by atomic mass is 9.65. The van der Waals surface area contributed by atoms with E-state index < -0.39 is 21.9 Å². The summed E-state index contributed by atoms with van der Waals surface area (Å²) in [6.45, 7) is 5.87. The summed E-state index contributed by atoms with van der Waals surface area (Å²) in [6, 6.07) is 0. The van der Waals surface area contributed by atoms with E-state index in [2.05, 4.69) is 19.2 Å². The number of fused-ring (bicyclic) bond motifs is 2. The van der Waals surface area contributed by atoms with Gasteiger partial charge in [0.25, 0.3) is 0 Å². The number of Topliss-reactive ketones (excluding diaryl/α,β-unsaturated/α-hetero) is 1. The van der Waals surface area contributed by atoms with Gasteiger partial charge in [-0.2, -0.15) is 0 Å². The van der Waals surface area contributed by atoms with Crippen molar-refractivity contribution in [3.05, 3.63) is 12.5 Å². The number of hydrogen-bond donors (Lipinski definition) is 1. The monoisotopic (exact) mass is 405 g/mol. The fourth-order valence-electron chi connectivity index (χ4n) is 4.81. The summed E-state index contributed by atoms with van der Waals surface area (Å²) in [4.78, 5) is 24.9. The van der Waals surface area contributed by atoms with Crippen molar-refractivity contribution in [3.8, 4) is 0 Å². The van der Waals surface area contributed by atoms with Crippen LogP contribution in [0.2, 0.25) is 0 Å². The number of hydrogen-bond acceptors (Lipinski definition) is 6. The third-order valence-electron chi connectivity index (χ3n) is 6.31. The van der Waals surface area contributed by atoms with Gasteiger partial charge in [-0.15, -0.1) is 0 Å². The summed E-state index contributed by atoms with van der Waals surface area (Å²) in [7, 11) is 0. The molecule has 2 fully saturated rings. The first-order valence-electron chi connectivity index (χ1n) is 8.88. The Balaban J connectivity index is 1.65. The van der Waals surface area contributed by atoms with Gasteiger partial charge in [0.2, 0.25) is 16.3 Å². The van der Waals surface area contributed by atoms with Crippen LogP contribution in [0.1, 0.15) is 40.0 Å². The van der Waals surface area contributed by atoms with Crippen molar-refractivity contribution in [1.82, 2.24) is 5.32 Å². The number of rotatable bonds is 7. The Morgan fingerprint density at radius 3 is 2.65 bits per heavy atom. The molecule has 3 rings (SSSR count). The number of nitrogens with one attached hydrogen (secondary N) is 1. The molecule has 2 saturated carbocycles. The maximum atomic E-state index is 13.3. The Labute approximate surface area is 163 Å². The van der Waals surface area contributed by atoms with Crippen LogP contribution < -0.4 is 5.32 Å². The van der Waals surface area contributed by atoms with Crippen LogP contribution in [0, 0.1) is 16.7 Å². The third kappa shape index (κ3) is 3.10. The second-order valence-electron chi connectivity index (χ2n) is 7.90. The zero-order chi connectivity index (χ0) is 19.2. The summed E-state index contributed by atoms with van der Waals surface area (Å²) >= 11 is 11.4. The summed E-state index contributed by atoms with van der Waals surface area (Å²) in [5.41, 5.74) is -0.789. The number of esters is 1. The summed E-state index contributed by atoms with van der Waals surface area (Å²) in [5.74, 6) is -0.260. The Hall–Kier alpha value is -0.980. The first kappa shape index (κ1) is 19.8. The van der Waals surface area contributed by atoms with E-state index in [1.165, 1.54) is 13.2 Å². The average molecular weight is 406 g/mol. The van der Waals surface area contributed by atoms with Crippen molar-refractivity contribution in [2.24, 2.45) is 16.7 Å². The van der Waals surface area contributed by atoms with Crippen LogP contribution in [0.3, 0.4) is 0 Å². The molecule has 0 aromatic carbocycles. The highest BCUT2D eigenvalue weighted by molar-refractivity contribution is 6.57. The van der Waals surface area contributed by atoms with Gasteiger partial charge in [-0.25, -0.2) is 4.79 Å². The minimum atomic E-state index is -1.58. The fourth-order valence-corrected chi connectivity index (χ4v) is 4.92. The molecule has 3 aliphatic rings. The van der Waals surface area contributed by atoms with Crippen LogP contribution in [-0.4, -0.2) is 41.6 Å². The molecule has 2 bridgehead atoms. The average Bonchev–Trinajstić information content (AvgIpc) is 3.23. The SMILES string of the molecule is CC(Cl)(Cl)C(=O)OCCO[C@H]1C[C@@H]2CC[C@]1(C(=O)C1NC=CO1)C2(C)C. The van der Waals surface area contributed by atoms with Gasteiger partial charge in [-0.1, -0.05) is 37.0 Å². The molecule has 0 radical (unpaired) electrons. The molecule has 26 heavy (non-hydrogen) atoms. The fraction of sp³-hybridized carbons (Fsp3) is 0.778. The largest absolute Gasteiger partial charge is 0.469 e. The van der Waals surface area contributed by atoms with Crippen molar-refractivity contribution in [2.75, 3.05) is 13.2 Å². The molecule has 4 atom stereocenters. The molecule has 1 N–H and O–H groups in total. The molecule has 2 aliphatic carbocycles. The van der Waals surface area contributed by atoms with E-state index in [0.29, 0.717) is 5.92 Å². The van der Waals surface area contributed by atoms with Crippen LogP contribution in [0.25, 0.3) is 0 Å². The number of carbonyl (C=O) groups excluding carboxylic acids is 2. The van der Waals surface area contributed by atoms with Crippen molar-refractivity contribution in [2.45, 2.75) is 56.7 Å². The van der Waals surface area contributed by atoms with Gasteiger partial charge in [0, 0.05) is 6.20 Å². The van der Waals surface area contributed by atoms with Crippen LogP contribution in [0.5, 0.6) is 0 Å². The zero-order valence-electron chi connectivity index (χ0n) is 15.2. The lowest BCUT2D eigenvalue weighted by Gasteiger charge is -2.41. The zero-order valence-corrected chi connectivity index (χ0v) is 16.7. The predicted molar refractivity (Wildman–Crippen MR) is 96.5 cm³/mol.